The lowest BCUT2D eigenvalue weighted by atomic mass is 10.0. The van der Waals surface area contributed by atoms with E-state index in [9.17, 15) is 43.2 Å². The minimum Gasteiger partial charge on any atom is -0.462 e. The van der Waals surface area contributed by atoms with Gasteiger partial charge >= 0.3 is 39.5 Å². The van der Waals surface area contributed by atoms with Gasteiger partial charge in [-0.3, -0.25) is 37.3 Å². The van der Waals surface area contributed by atoms with Crippen LogP contribution in [0.3, 0.4) is 0 Å². The number of aliphatic hydroxyl groups is 1. The average molecular weight is 1480 g/mol. The number of rotatable bonds is 78. The third-order valence-corrected chi connectivity index (χ3v) is 19.6. The van der Waals surface area contributed by atoms with Crippen molar-refractivity contribution < 1.29 is 80.2 Å². The lowest BCUT2D eigenvalue weighted by Gasteiger charge is -2.21. The molecule has 0 fully saturated rings. The smallest absolute Gasteiger partial charge is 0.462 e. The summed E-state index contributed by atoms with van der Waals surface area (Å²) in [6.45, 7) is 4.82. The molecule has 102 heavy (non-hydrogen) atoms. The molecule has 0 saturated carbocycles. The first-order valence-electron chi connectivity index (χ1n) is 41.2. The number of phosphoric acid groups is 2. The van der Waals surface area contributed by atoms with Gasteiger partial charge in [0, 0.05) is 25.7 Å². The van der Waals surface area contributed by atoms with Crippen molar-refractivity contribution >= 4 is 39.5 Å². The van der Waals surface area contributed by atoms with Crippen LogP contribution in [0.15, 0.2) is 72.9 Å². The summed E-state index contributed by atoms with van der Waals surface area (Å²) < 4.78 is 68.6. The van der Waals surface area contributed by atoms with Gasteiger partial charge in [0.2, 0.25) is 0 Å². The van der Waals surface area contributed by atoms with Crippen molar-refractivity contribution in [3.8, 4) is 0 Å². The van der Waals surface area contributed by atoms with E-state index in [1.165, 1.54) is 173 Å². The Morgan fingerprint density at radius 3 is 0.794 bits per heavy atom. The number of carbonyl (C=O) groups excluding carboxylic acids is 4. The highest BCUT2D eigenvalue weighted by Gasteiger charge is 2.30. The normalized spacial score (nSPS) is 14.2. The van der Waals surface area contributed by atoms with Gasteiger partial charge in [-0.15, -0.1) is 0 Å². The fourth-order valence-electron chi connectivity index (χ4n) is 11.4. The van der Waals surface area contributed by atoms with E-state index in [1.807, 2.05) is 12.2 Å². The molecule has 3 N–H and O–H groups in total. The predicted octanol–water partition coefficient (Wildman–Crippen LogP) is 24.0. The van der Waals surface area contributed by atoms with Crippen molar-refractivity contribution in [1.29, 1.82) is 0 Å². The summed E-state index contributed by atoms with van der Waals surface area (Å²) in [6, 6.07) is 0. The Morgan fingerprint density at radius 1 is 0.275 bits per heavy atom. The Balaban J connectivity index is 5.36. The van der Waals surface area contributed by atoms with Crippen LogP contribution in [-0.4, -0.2) is 96.7 Å². The molecule has 2 unspecified atom stereocenters. The molecule has 0 aliphatic heterocycles. The summed E-state index contributed by atoms with van der Waals surface area (Å²) in [5, 5.41) is 10.6. The number of carbonyl (C=O) groups is 4. The van der Waals surface area contributed by atoms with Crippen molar-refractivity contribution in [2.45, 2.75) is 393 Å². The van der Waals surface area contributed by atoms with Crippen molar-refractivity contribution in [1.82, 2.24) is 0 Å². The van der Waals surface area contributed by atoms with Gasteiger partial charge < -0.3 is 33.8 Å². The SMILES string of the molecule is CCCCC/C=C\C/C=C\C/C=C\C/C=C\CCCC(=O)OC[C@H](COP(=O)(O)OC[C@H](O)COP(=O)(O)OC[C@@H](COC(=O)CCCCCCCCCCCCCCCCCCC)OC(=O)CCCCCCC/C=C\C/C=C\CCCCC)OC(=O)CCCCCCCCCCCCCCC. The molecule has 0 saturated heterocycles. The van der Waals surface area contributed by atoms with Crippen LogP contribution in [-0.2, 0) is 65.4 Å². The number of ether oxygens (including phenoxy) is 4. The van der Waals surface area contributed by atoms with Gasteiger partial charge in [0.1, 0.15) is 19.3 Å². The number of hydrogen-bond acceptors (Lipinski definition) is 15. The highest BCUT2D eigenvalue weighted by molar-refractivity contribution is 7.47. The van der Waals surface area contributed by atoms with Crippen LogP contribution < -0.4 is 0 Å². The van der Waals surface area contributed by atoms with Crippen LogP contribution in [0.25, 0.3) is 0 Å². The predicted molar refractivity (Wildman–Crippen MR) is 418 cm³/mol. The van der Waals surface area contributed by atoms with Crippen LogP contribution in [0.1, 0.15) is 374 Å². The minimum absolute atomic E-state index is 0.0825. The molecule has 19 heteroatoms. The highest BCUT2D eigenvalue weighted by Crippen LogP contribution is 2.45. The second-order valence-electron chi connectivity index (χ2n) is 27.7. The minimum atomic E-state index is -4.98. The molecular weight excluding hydrogens is 1330 g/mol. The Morgan fingerprint density at radius 2 is 0.490 bits per heavy atom. The standard InChI is InChI=1S/C83H150O17P2/c1-5-9-13-17-21-25-29-33-36-38-41-44-47-51-55-59-63-67-80(85)93-73-78(99-82(87)69-65-61-57-53-49-43-32-28-24-20-16-12-8-4)75-97-101(89,90)95-71-77(84)72-96-102(91,92)98-76-79(100-83(88)70-66-62-58-54-50-46-40-35-31-27-23-19-15-11-7-3)74-94-81(86)68-64-60-56-52-48-45-42-39-37-34-30-26-22-18-14-10-6-2/h21,23,25,27,33,35-36,40-41,44,51,55,77-79,84H,5-20,22,24,26,28-32,34,37-39,42-43,45-50,52-54,56-76H2,1-4H3,(H,89,90)(H,91,92)/b25-21-,27-23-,36-33-,40-35-,44-41-,55-51-/t77-,78+,79+/m0/s1. The molecule has 0 spiro atoms. The molecule has 0 aromatic heterocycles. The first-order chi connectivity index (χ1) is 49.7. The zero-order valence-electron chi connectivity index (χ0n) is 65.0. The van der Waals surface area contributed by atoms with Crippen LogP contribution in [0, 0.1) is 0 Å². The maximum Gasteiger partial charge on any atom is 0.472 e. The molecule has 0 aromatic rings. The van der Waals surface area contributed by atoms with Gasteiger partial charge in [0.15, 0.2) is 12.2 Å². The average Bonchev–Trinajstić information content (AvgIpc) is 0.908. The Hall–Kier alpha value is -3.50. The van der Waals surface area contributed by atoms with Crippen molar-refractivity contribution in [2.24, 2.45) is 0 Å². The summed E-state index contributed by atoms with van der Waals surface area (Å²) in [7, 11) is -9.96. The number of unbranched alkanes of at least 4 members (excludes halogenated alkanes) is 40. The number of hydrogen-bond donors (Lipinski definition) is 3. The lowest BCUT2D eigenvalue weighted by Crippen LogP contribution is -2.30. The summed E-state index contributed by atoms with van der Waals surface area (Å²) in [5.41, 5.74) is 0. The summed E-state index contributed by atoms with van der Waals surface area (Å²) >= 11 is 0. The first-order valence-corrected chi connectivity index (χ1v) is 44.2. The van der Waals surface area contributed by atoms with E-state index in [0.717, 1.165) is 116 Å². The van der Waals surface area contributed by atoms with Gasteiger partial charge in [-0.1, -0.05) is 325 Å². The van der Waals surface area contributed by atoms with Crippen LogP contribution >= 0.6 is 15.6 Å². The second kappa shape index (κ2) is 75.7. The molecule has 0 radical (unpaired) electrons. The van der Waals surface area contributed by atoms with Crippen LogP contribution in [0.2, 0.25) is 0 Å². The number of allylic oxidation sites excluding steroid dienone is 12. The molecule has 594 valence electrons. The molecule has 0 bridgehead atoms. The van der Waals surface area contributed by atoms with Gasteiger partial charge in [-0.05, 0) is 96.3 Å². The highest BCUT2D eigenvalue weighted by atomic mass is 31.2. The Kier molecular flexibility index (Phi) is 73.1. The molecule has 5 atom stereocenters. The van der Waals surface area contributed by atoms with Gasteiger partial charge in [-0.25, -0.2) is 9.13 Å². The zero-order valence-corrected chi connectivity index (χ0v) is 66.8. The monoisotopic (exact) mass is 1480 g/mol. The quantitative estimate of drug-likeness (QED) is 0.0169. The molecule has 0 aliphatic carbocycles. The molecular formula is C83H150O17P2. The summed E-state index contributed by atoms with van der Waals surface area (Å²) in [4.78, 5) is 73.0. The van der Waals surface area contributed by atoms with Gasteiger partial charge in [0.05, 0.1) is 26.4 Å². The fraction of sp³-hybridized carbons (Fsp3) is 0.807. The van der Waals surface area contributed by atoms with Crippen LogP contribution in [0.4, 0.5) is 0 Å². The van der Waals surface area contributed by atoms with Crippen LogP contribution in [0.5, 0.6) is 0 Å². The van der Waals surface area contributed by atoms with E-state index in [2.05, 4.69) is 88.5 Å². The molecule has 17 nitrogen and oxygen atoms in total. The number of aliphatic hydroxyl groups excluding tert-OH is 1. The van der Waals surface area contributed by atoms with E-state index in [0.29, 0.717) is 32.1 Å². The van der Waals surface area contributed by atoms with E-state index < -0.39 is 97.5 Å². The Labute approximate surface area is 622 Å². The van der Waals surface area contributed by atoms with E-state index in [4.69, 9.17) is 37.0 Å². The number of esters is 4. The van der Waals surface area contributed by atoms with E-state index >= 15 is 0 Å². The molecule has 0 rings (SSSR count). The molecule has 0 aliphatic rings. The van der Waals surface area contributed by atoms with Crippen molar-refractivity contribution in [3.05, 3.63) is 72.9 Å². The molecule has 0 aromatic carbocycles. The molecule has 0 heterocycles. The summed E-state index contributed by atoms with van der Waals surface area (Å²) in [6.07, 6.45) is 77.4. The maximum atomic E-state index is 13.1. The number of phosphoric ester groups is 2. The first kappa shape index (κ1) is 98.5. The van der Waals surface area contributed by atoms with E-state index in [-0.39, 0.29) is 25.7 Å². The fourth-order valence-corrected chi connectivity index (χ4v) is 12.9. The molecule has 0 amide bonds. The van der Waals surface area contributed by atoms with Gasteiger partial charge in [0.25, 0.3) is 0 Å². The third kappa shape index (κ3) is 74.8. The zero-order chi connectivity index (χ0) is 74.6. The Bertz CT molecular complexity index is 2210. The van der Waals surface area contributed by atoms with Gasteiger partial charge in [-0.2, -0.15) is 0 Å². The summed E-state index contributed by atoms with van der Waals surface area (Å²) in [5.74, 6) is -2.22. The topological polar surface area (TPSA) is 237 Å². The third-order valence-electron chi connectivity index (χ3n) is 17.7. The van der Waals surface area contributed by atoms with Crippen molar-refractivity contribution in [2.75, 3.05) is 39.6 Å². The lowest BCUT2D eigenvalue weighted by molar-refractivity contribution is -0.161. The largest absolute Gasteiger partial charge is 0.472 e. The van der Waals surface area contributed by atoms with Crippen molar-refractivity contribution in [3.63, 3.8) is 0 Å². The van der Waals surface area contributed by atoms with E-state index in [1.54, 1.807) is 0 Å². The maximum absolute atomic E-state index is 13.1. The second-order valence-corrected chi connectivity index (χ2v) is 30.6.